The van der Waals surface area contributed by atoms with Gasteiger partial charge in [-0.1, -0.05) is 18.2 Å². The topological polar surface area (TPSA) is 86.0 Å². The van der Waals surface area contributed by atoms with Crippen LogP contribution in [0.5, 0.6) is 5.75 Å². The van der Waals surface area contributed by atoms with Crippen LogP contribution < -0.4 is 4.74 Å². The molecule has 162 valence electrons. The van der Waals surface area contributed by atoms with Crippen molar-refractivity contribution in [1.29, 1.82) is 0 Å². The highest BCUT2D eigenvalue weighted by atomic mass is 16.5. The molecule has 8 heteroatoms. The summed E-state index contributed by atoms with van der Waals surface area (Å²) in [5.74, 6) is 1.01. The second-order valence-corrected chi connectivity index (χ2v) is 7.30. The Morgan fingerprint density at radius 1 is 1.06 bits per heavy atom. The lowest BCUT2D eigenvalue weighted by Gasteiger charge is -2.16. The molecule has 0 aliphatic rings. The highest BCUT2D eigenvalue weighted by Crippen LogP contribution is 2.28. The Labute approximate surface area is 186 Å². The first-order valence-corrected chi connectivity index (χ1v) is 10.3. The zero-order chi connectivity index (χ0) is 22.5. The Morgan fingerprint density at radius 2 is 1.88 bits per heavy atom. The monoisotopic (exact) mass is 428 g/mol. The molecule has 0 bridgehead atoms. The predicted molar refractivity (Wildman–Crippen MR) is 121 cm³/mol. The minimum atomic E-state index is -0.106. The van der Waals surface area contributed by atoms with Crippen molar-refractivity contribution in [2.24, 2.45) is 0 Å². The smallest absolute Gasteiger partial charge is 0.257 e. The third-order valence-corrected chi connectivity index (χ3v) is 5.23. The van der Waals surface area contributed by atoms with E-state index in [0.29, 0.717) is 35.9 Å². The summed E-state index contributed by atoms with van der Waals surface area (Å²) < 4.78 is 7.03. The van der Waals surface area contributed by atoms with Gasteiger partial charge in [-0.15, -0.1) is 0 Å². The molecule has 1 aromatic carbocycles. The van der Waals surface area contributed by atoms with Crippen molar-refractivity contribution < 1.29 is 9.53 Å². The normalized spacial score (nSPS) is 10.7. The van der Waals surface area contributed by atoms with Crippen LogP contribution in [0.1, 0.15) is 21.7 Å². The fourth-order valence-electron chi connectivity index (χ4n) is 3.41. The van der Waals surface area contributed by atoms with Crippen molar-refractivity contribution in [2.75, 3.05) is 20.7 Å². The molecule has 0 saturated carbocycles. The molecule has 0 atom stereocenters. The second kappa shape index (κ2) is 9.38. The quantitative estimate of drug-likeness (QED) is 0.449. The zero-order valence-electron chi connectivity index (χ0n) is 18.3. The molecule has 0 saturated heterocycles. The van der Waals surface area contributed by atoms with E-state index >= 15 is 0 Å². The largest absolute Gasteiger partial charge is 0.496 e. The van der Waals surface area contributed by atoms with Crippen LogP contribution in [0.2, 0.25) is 0 Å². The van der Waals surface area contributed by atoms with Gasteiger partial charge in [0.05, 0.1) is 30.3 Å². The Morgan fingerprint density at radius 3 is 2.66 bits per heavy atom. The van der Waals surface area contributed by atoms with Gasteiger partial charge in [0.25, 0.3) is 11.9 Å². The Bertz CT molecular complexity index is 1220. The number of rotatable bonds is 7. The van der Waals surface area contributed by atoms with Crippen molar-refractivity contribution in [3.05, 3.63) is 84.1 Å². The number of hydrogen-bond acceptors (Lipinski definition) is 6. The highest BCUT2D eigenvalue weighted by Gasteiger charge is 2.20. The van der Waals surface area contributed by atoms with Gasteiger partial charge in [-0.05, 0) is 37.3 Å². The van der Waals surface area contributed by atoms with Crippen LogP contribution in [0.25, 0.3) is 17.2 Å². The first-order chi connectivity index (χ1) is 15.6. The minimum Gasteiger partial charge on any atom is -0.496 e. The maximum absolute atomic E-state index is 13.0. The minimum absolute atomic E-state index is 0.106. The van der Waals surface area contributed by atoms with Gasteiger partial charge >= 0.3 is 0 Å². The van der Waals surface area contributed by atoms with Gasteiger partial charge in [0.15, 0.2) is 0 Å². The number of methoxy groups -OCH3 is 1. The van der Waals surface area contributed by atoms with Gasteiger partial charge in [0, 0.05) is 43.7 Å². The van der Waals surface area contributed by atoms with Gasteiger partial charge in [0.2, 0.25) is 0 Å². The number of ether oxygens (including phenoxy) is 1. The summed E-state index contributed by atoms with van der Waals surface area (Å²) in [5.41, 5.74) is 3.70. The van der Waals surface area contributed by atoms with Gasteiger partial charge in [0.1, 0.15) is 5.75 Å². The number of pyridine rings is 1. The van der Waals surface area contributed by atoms with Gasteiger partial charge in [-0.3, -0.25) is 9.78 Å². The average molecular weight is 428 g/mol. The Balaban J connectivity index is 1.56. The Kier molecular flexibility index (Phi) is 6.21. The SMILES string of the molecule is COc1ccccc1-c1ccnc(-n2ncc(C(=O)N(C)CCc3ccccn3)c2C)n1. The number of aromatic nitrogens is 5. The maximum atomic E-state index is 13.0. The molecule has 4 rings (SSSR count). The van der Waals surface area contributed by atoms with E-state index < -0.39 is 0 Å². The van der Waals surface area contributed by atoms with Crippen LogP contribution in [0.3, 0.4) is 0 Å². The van der Waals surface area contributed by atoms with Crippen LogP contribution in [0, 0.1) is 6.92 Å². The van der Waals surface area contributed by atoms with E-state index in [1.807, 2.05) is 55.5 Å². The number of likely N-dealkylation sites (N-methyl/N-ethyl adjacent to an activating group) is 1. The standard InChI is InChI=1S/C24H24N6O2/c1-17-20(23(31)29(2)15-12-18-8-6-7-13-25-18)16-27-30(17)24-26-14-11-21(28-24)19-9-4-5-10-22(19)32-3/h4-11,13-14,16H,12,15H2,1-3H3. The summed E-state index contributed by atoms with van der Waals surface area (Å²) in [7, 11) is 3.40. The van der Waals surface area contributed by atoms with Crippen LogP contribution in [-0.4, -0.2) is 56.2 Å². The van der Waals surface area contributed by atoms with Gasteiger partial charge in [-0.25, -0.2) is 14.6 Å². The first-order valence-electron chi connectivity index (χ1n) is 10.3. The molecular weight excluding hydrogens is 404 g/mol. The van der Waals surface area contributed by atoms with Crippen LogP contribution in [-0.2, 0) is 6.42 Å². The van der Waals surface area contributed by atoms with Gasteiger partial charge < -0.3 is 9.64 Å². The summed E-state index contributed by atoms with van der Waals surface area (Å²) in [6.45, 7) is 2.40. The number of amides is 1. The fourth-order valence-corrected chi connectivity index (χ4v) is 3.41. The summed E-state index contributed by atoms with van der Waals surface area (Å²) in [6.07, 6.45) is 5.67. The maximum Gasteiger partial charge on any atom is 0.257 e. The molecule has 0 spiro atoms. The molecule has 0 fully saturated rings. The number of benzene rings is 1. The number of hydrogen-bond donors (Lipinski definition) is 0. The molecule has 8 nitrogen and oxygen atoms in total. The summed E-state index contributed by atoms with van der Waals surface area (Å²) in [4.78, 5) is 28.0. The summed E-state index contributed by atoms with van der Waals surface area (Å²) >= 11 is 0. The van der Waals surface area contributed by atoms with Crippen LogP contribution >= 0.6 is 0 Å². The van der Waals surface area contributed by atoms with Crippen molar-refractivity contribution in [1.82, 2.24) is 29.6 Å². The van der Waals surface area contributed by atoms with E-state index in [9.17, 15) is 4.79 Å². The Hall–Kier alpha value is -4.07. The molecule has 1 amide bonds. The molecular formula is C24H24N6O2. The predicted octanol–water partition coefficient (Wildman–Crippen LogP) is 3.36. The molecule has 32 heavy (non-hydrogen) atoms. The molecule has 0 aliphatic carbocycles. The van der Waals surface area contributed by atoms with E-state index in [1.54, 1.807) is 42.3 Å². The van der Waals surface area contributed by atoms with Crippen molar-refractivity contribution >= 4 is 5.91 Å². The van der Waals surface area contributed by atoms with Crippen molar-refractivity contribution in [2.45, 2.75) is 13.3 Å². The van der Waals surface area contributed by atoms with Crippen molar-refractivity contribution in [3.63, 3.8) is 0 Å². The third-order valence-electron chi connectivity index (χ3n) is 5.23. The first kappa shape index (κ1) is 21.2. The molecule has 3 heterocycles. The molecule has 0 unspecified atom stereocenters. The number of para-hydroxylation sites is 1. The van der Waals surface area contributed by atoms with E-state index in [0.717, 1.165) is 17.0 Å². The lowest BCUT2D eigenvalue weighted by atomic mass is 10.1. The lowest BCUT2D eigenvalue weighted by Crippen LogP contribution is -2.29. The molecule has 4 aromatic rings. The highest BCUT2D eigenvalue weighted by molar-refractivity contribution is 5.95. The van der Waals surface area contributed by atoms with E-state index in [4.69, 9.17) is 4.74 Å². The summed E-state index contributed by atoms with van der Waals surface area (Å²) in [6, 6.07) is 15.2. The molecule has 3 aromatic heterocycles. The van der Waals surface area contributed by atoms with E-state index in [-0.39, 0.29) is 5.91 Å². The van der Waals surface area contributed by atoms with Gasteiger partial charge in [-0.2, -0.15) is 5.10 Å². The third kappa shape index (κ3) is 4.34. The fraction of sp³-hybridized carbons (Fsp3) is 0.208. The molecule has 0 radical (unpaired) electrons. The summed E-state index contributed by atoms with van der Waals surface area (Å²) in [5, 5.41) is 4.39. The number of carbonyl (C=O) groups is 1. The second-order valence-electron chi connectivity index (χ2n) is 7.30. The number of carbonyl (C=O) groups excluding carboxylic acids is 1. The lowest BCUT2D eigenvalue weighted by molar-refractivity contribution is 0.0795. The van der Waals surface area contributed by atoms with E-state index in [1.165, 1.54) is 0 Å². The molecule has 0 aliphatic heterocycles. The molecule has 0 N–H and O–H groups in total. The zero-order valence-corrected chi connectivity index (χ0v) is 18.3. The average Bonchev–Trinajstić information content (AvgIpc) is 3.23. The number of nitrogens with zero attached hydrogens (tertiary/aromatic N) is 6. The van der Waals surface area contributed by atoms with Crippen molar-refractivity contribution in [3.8, 4) is 23.0 Å². The van der Waals surface area contributed by atoms with Crippen LogP contribution in [0.15, 0.2) is 67.1 Å². The van der Waals surface area contributed by atoms with E-state index in [2.05, 4.69) is 20.1 Å². The van der Waals surface area contributed by atoms with Crippen LogP contribution in [0.4, 0.5) is 0 Å².